The molecular weight excluding hydrogens is 367 g/mol. The van der Waals surface area contributed by atoms with Gasteiger partial charge in [0.15, 0.2) is 0 Å². The number of aryl methyl sites for hydroxylation is 1. The van der Waals surface area contributed by atoms with Crippen LogP contribution in [0.4, 0.5) is 4.39 Å². The molecule has 0 aliphatic carbocycles. The van der Waals surface area contributed by atoms with Crippen LogP contribution in [-0.4, -0.2) is 24.7 Å². The highest BCUT2D eigenvalue weighted by atomic mass is 19.1. The van der Waals surface area contributed by atoms with Crippen LogP contribution in [0.1, 0.15) is 36.8 Å². The number of H-pyrrole nitrogens is 1. The summed E-state index contributed by atoms with van der Waals surface area (Å²) in [6, 6.07) is 10.9. The third-order valence-corrected chi connectivity index (χ3v) is 6.02. The number of aromatic amines is 1. The number of ether oxygens (including phenoxy) is 2. The van der Waals surface area contributed by atoms with Crippen molar-refractivity contribution in [3.8, 4) is 11.5 Å². The van der Waals surface area contributed by atoms with E-state index in [1.54, 1.807) is 19.2 Å². The van der Waals surface area contributed by atoms with Crippen molar-refractivity contribution in [3.63, 3.8) is 0 Å². The molecule has 0 spiro atoms. The fourth-order valence-corrected chi connectivity index (χ4v) is 4.52. The molecule has 0 amide bonds. The SMILES string of the molecule is COc1cccc2c1C[C@H](CCCN)C(CCCc1c[nH]c3ccc(F)cc13)O2. The molecular formula is C24H29FN2O2. The minimum absolute atomic E-state index is 0.170. The Kier molecular flexibility index (Phi) is 6.05. The molecule has 5 heteroatoms. The molecule has 3 aromatic rings. The number of nitrogens with two attached hydrogens (primary N) is 1. The number of benzene rings is 2. The van der Waals surface area contributed by atoms with Gasteiger partial charge in [-0.15, -0.1) is 0 Å². The highest BCUT2D eigenvalue weighted by molar-refractivity contribution is 5.83. The maximum absolute atomic E-state index is 13.6. The van der Waals surface area contributed by atoms with Crippen LogP contribution in [0, 0.1) is 11.7 Å². The number of methoxy groups -OCH3 is 1. The van der Waals surface area contributed by atoms with Crippen LogP contribution >= 0.6 is 0 Å². The van der Waals surface area contributed by atoms with Crippen LogP contribution in [0.25, 0.3) is 10.9 Å². The number of hydrogen-bond donors (Lipinski definition) is 2. The molecule has 4 nitrogen and oxygen atoms in total. The highest BCUT2D eigenvalue weighted by Gasteiger charge is 2.31. The van der Waals surface area contributed by atoms with Gasteiger partial charge in [-0.3, -0.25) is 0 Å². The first kappa shape index (κ1) is 19.8. The minimum atomic E-state index is -0.193. The summed E-state index contributed by atoms with van der Waals surface area (Å²) in [4.78, 5) is 3.24. The van der Waals surface area contributed by atoms with Crippen LogP contribution in [0.15, 0.2) is 42.6 Å². The van der Waals surface area contributed by atoms with Crippen molar-refractivity contribution in [2.75, 3.05) is 13.7 Å². The maximum atomic E-state index is 13.6. The van der Waals surface area contributed by atoms with E-state index in [1.807, 2.05) is 24.4 Å². The fraction of sp³-hybridized carbons (Fsp3) is 0.417. The zero-order valence-corrected chi connectivity index (χ0v) is 16.9. The second kappa shape index (κ2) is 8.87. The van der Waals surface area contributed by atoms with Crippen molar-refractivity contribution in [1.29, 1.82) is 0 Å². The molecule has 0 bridgehead atoms. The molecule has 0 fully saturated rings. The summed E-state index contributed by atoms with van der Waals surface area (Å²) in [5.41, 5.74) is 9.08. The van der Waals surface area contributed by atoms with Gasteiger partial charge in [0, 0.05) is 28.6 Å². The number of hydrogen-bond acceptors (Lipinski definition) is 3. The Morgan fingerprint density at radius 2 is 2.10 bits per heavy atom. The first-order valence-electron chi connectivity index (χ1n) is 10.5. The van der Waals surface area contributed by atoms with Crippen molar-refractivity contribution in [2.45, 2.75) is 44.6 Å². The normalized spacial score (nSPS) is 18.4. The Balaban J connectivity index is 1.46. The Labute approximate surface area is 171 Å². The Bertz CT molecular complexity index is 969. The highest BCUT2D eigenvalue weighted by Crippen LogP contribution is 2.39. The quantitative estimate of drug-likeness (QED) is 0.563. The predicted octanol–water partition coefficient (Wildman–Crippen LogP) is 5.00. The average Bonchev–Trinajstić information content (AvgIpc) is 3.13. The monoisotopic (exact) mass is 396 g/mol. The maximum Gasteiger partial charge on any atom is 0.126 e. The Morgan fingerprint density at radius 3 is 2.93 bits per heavy atom. The molecule has 2 heterocycles. The molecule has 1 aliphatic rings. The van der Waals surface area contributed by atoms with Gasteiger partial charge in [0.05, 0.1) is 7.11 Å². The van der Waals surface area contributed by atoms with Crippen molar-refractivity contribution in [1.82, 2.24) is 4.98 Å². The van der Waals surface area contributed by atoms with Gasteiger partial charge in [0.2, 0.25) is 0 Å². The molecule has 0 saturated carbocycles. The van der Waals surface area contributed by atoms with Crippen LogP contribution in [0.2, 0.25) is 0 Å². The minimum Gasteiger partial charge on any atom is -0.496 e. The summed E-state index contributed by atoms with van der Waals surface area (Å²) in [5, 5.41) is 0.976. The van der Waals surface area contributed by atoms with E-state index in [0.717, 1.165) is 66.5 Å². The fourth-order valence-electron chi connectivity index (χ4n) is 4.52. The Hall–Kier alpha value is -2.53. The first-order valence-corrected chi connectivity index (χ1v) is 10.5. The van der Waals surface area contributed by atoms with Gasteiger partial charge in [-0.1, -0.05) is 6.07 Å². The lowest BCUT2D eigenvalue weighted by atomic mass is 9.84. The summed E-state index contributed by atoms with van der Waals surface area (Å²) in [6.45, 7) is 0.697. The van der Waals surface area contributed by atoms with Crippen LogP contribution in [0.3, 0.4) is 0 Å². The van der Waals surface area contributed by atoms with E-state index < -0.39 is 0 Å². The second-order valence-corrected chi connectivity index (χ2v) is 7.88. The Morgan fingerprint density at radius 1 is 1.21 bits per heavy atom. The van der Waals surface area contributed by atoms with Crippen molar-refractivity contribution >= 4 is 10.9 Å². The van der Waals surface area contributed by atoms with Crippen molar-refractivity contribution < 1.29 is 13.9 Å². The molecule has 154 valence electrons. The molecule has 1 unspecified atom stereocenters. The number of fused-ring (bicyclic) bond motifs is 2. The van der Waals surface area contributed by atoms with E-state index in [2.05, 4.69) is 4.98 Å². The van der Waals surface area contributed by atoms with E-state index >= 15 is 0 Å². The third kappa shape index (κ3) is 4.25. The number of halogens is 1. The topological polar surface area (TPSA) is 60.3 Å². The largest absolute Gasteiger partial charge is 0.496 e. The van der Waals surface area contributed by atoms with E-state index in [1.165, 1.54) is 11.6 Å². The summed E-state index contributed by atoms with van der Waals surface area (Å²) in [6.07, 6.45) is 8.04. The van der Waals surface area contributed by atoms with Crippen LogP contribution < -0.4 is 15.2 Å². The first-order chi connectivity index (χ1) is 14.2. The van der Waals surface area contributed by atoms with E-state index in [-0.39, 0.29) is 11.9 Å². The summed E-state index contributed by atoms with van der Waals surface area (Å²) in [7, 11) is 1.71. The molecule has 2 aromatic carbocycles. The molecule has 1 aliphatic heterocycles. The van der Waals surface area contributed by atoms with Gasteiger partial charge >= 0.3 is 0 Å². The van der Waals surface area contributed by atoms with Gasteiger partial charge in [0.25, 0.3) is 0 Å². The van der Waals surface area contributed by atoms with Gasteiger partial charge in [-0.05, 0) is 81.0 Å². The van der Waals surface area contributed by atoms with E-state index in [0.29, 0.717) is 12.5 Å². The molecule has 4 rings (SSSR count). The zero-order valence-electron chi connectivity index (χ0n) is 16.9. The van der Waals surface area contributed by atoms with Crippen molar-refractivity contribution in [2.24, 2.45) is 11.7 Å². The summed E-state index contributed by atoms with van der Waals surface area (Å²) < 4.78 is 25.6. The smallest absolute Gasteiger partial charge is 0.126 e. The third-order valence-electron chi connectivity index (χ3n) is 6.02. The predicted molar refractivity (Wildman–Crippen MR) is 114 cm³/mol. The van der Waals surface area contributed by atoms with E-state index in [9.17, 15) is 4.39 Å². The lowest BCUT2D eigenvalue weighted by molar-refractivity contribution is 0.0949. The van der Waals surface area contributed by atoms with Gasteiger partial charge < -0.3 is 20.2 Å². The summed E-state index contributed by atoms with van der Waals surface area (Å²) in [5.74, 6) is 2.08. The molecule has 3 N–H and O–H groups in total. The second-order valence-electron chi connectivity index (χ2n) is 7.88. The number of nitrogens with one attached hydrogen (secondary N) is 1. The number of rotatable bonds is 8. The molecule has 0 saturated heterocycles. The lowest BCUT2D eigenvalue weighted by Gasteiger charge is -2.34. The standard InChI is InChI=1S/C24H29FN2O2/c1-28-23-8-3-9-24-20(23)13-16(6-4-12-26)22(29-24)7-2-5-17-15-27-21-11-10-18(25)14-19(17)21/h3,8-11,14-16,22,27H,2,4-7,12-13,26H2,1H3/t16-,22?/m0/s1. The van der Waals surface area contributed by atoms with Crippen LogP contribution in [0.5, 0.6) is 11.5 Å². The van der Waals surface area contributed by atoms with Crippen LogP contribution in [-0.2, 0) is 12.8 Å². The van der Waals surface area contributed by atoms with Gasteiger partial charge in [-0.25, -0.2) is 4.39 Å². The molecule has 0 radical (unpaired) electrons. The van der Waals surface area contributed by atoms with Crippen molar-refractivity contribution in [3.05, 3.63) is 59.5 Å². The summed E-state index contributed by atoms with van der Waals surface area (Å²) >= 11 is 0. The molecule has 29 heavy (non-hydrogen) atoms. The van der Waals surface area contributed by atoms with Gasteiger partial charge in [0.1, 0.15) is 23.4 Å². The molecule has 1 aromatic heterocycles. The van der Waals surface area contributed by atoms with E-state index in [4.69, 9.17) is 15.2 Å². The number of aromatic nitrogens is 1. The zero-order chi connectivity index (χ0) is 20.2. The molecule has 2 atom stereocenters. The van der Waals surface area contributed by atoms with Gasteiger partial charge in [-0.2, -0.15) is 0 Å². The average molecular weight is 397 g/mol. The lowest BCUT2D eigenvalue weighted by Crippen LogP contribution is -2.33.